The molecule has 0 amide bonds. The molecule has 0 spiro atoms. The first-order valence-corrected chi connectivity index (χ1v) is 4.02. The fourth-order valence-corrected chi connectivity index (χ4v) is 0.932. The third kappa shape index (κ3) is 2.40. The van der Waals surface area contributed by atoms with E-state index in [4.69, 9.17) is 17.3 Å². The van der Waals surface area contributed by atoms with Gasteiger partial charge < -0.3 is 4.74 Å². The van der Waals surface area contributed by atoms with Crippen molar-refractivity contribution in [1.29, 1.82) is 0 Å². The molecule has 13 heavy (non-hydrogen) atoms. The van der Waals surface area contributed by atoms with Crippen LogP contribution in [0.3, 0.4) is 0 Å². The van der Waals surface area contributed by atoms with Crippen LogP contribution in [0.15, 0.2) is 12.3 Å². The average Bonchev–Trinajstić information content (AvgIpc) is 2.10. The lowest BCUT2D eigenvalue weighted by molar-refractivity contribution is 0.0515. The largest absolute Gasteiger partial charge is 0.446 e. The van der Waals surface area contributed by atoms with Crippen LogP contribution in [0.4, 0.5) is 0 Å². The zero-order chi connectivity index (χ0) is 9.84. The van der Waals surface area contributed by atoms with Crippen molar-refractivity contribution in [2.24, 2.45) is 5.73 Å². The van der Waals surface area contributed by atoms with E-state index in [2.05, 4.69) is 9.72 Å². The van der Waals surface area contributed by atoms with Gasteiger partial charge in [0.1, 0.15) is 11.9 Å². The fraction of sp³-hybridized carbons (Fsp3) is 0.250. The van der Waals surface area contributed by atoms with Crippen LogP contribution in [0.5, 0.6) is 0 Å². The van der Waals surface area contributed by atoms with Crippen molar-refractivity contribution in [3.63, 3.8) is 0 Å². The number of esters is 1. The molecule has 1 rings (SSSR count). The zero-order valence-corrected chi connectivity index (χ0v) is 7.84. The third-order valence-corrected chi connectivity index (χ3v) is 1.86. The summed E-state index contributed by atoms with van der Waals surface area (Å²) in [6.45, 7) is 1.62. The molecular weight excluding hydrogens is 192 g/mol. The quantitative estimate of drug-likeness (QED) is 0.441. The van der Waals surface area contributed by atoms with Gasteiger partial charge in [0, 0.05) is 6.20 Å². The molecule has 0 aromatic carbocycles. The number of nitrogens with zero attached hydrogens (tertiary/aromatic N) is 1. The molecule has 0 atom stereocenters. The van der Waals surface area contributed by atoms with Gasteiger partial charge in [-0.3, -0.25) is 5.73 Å². The summed E-state index contributed by atoms with van der Waals surface area (Å²) < 4.78 is 4.58. The first-order valence-electron chi connectivity index (χ1n) is 3.64. The Labute approximate surface area is 80.7 Å². The predicted octanol–water partition coefficient (Wildman–Crippen LogP) is 1.12. The Kier molecular flexibility index (Phi) is 3.22. The van der Waals surface area contributed by atoms with Crippen LogP contribution in [-0.2, 0) is 4.74 Å². The summed E-state index contributed by atoms with van der Waals surface area (Å²) in [7, 11) is 0. The summed E-state index contributed by atoms with van der Waals surface area (Å²) >= 11 is 5.67. The molecule has 1 aromatic heterocycles. The molecule has 0 saturated carbocycles. The van der Waals surface area contributed by atoms with Gasteiger partial charge in [-0.15, -0.1) is 0 Å². The minimum Gasteiger partial charge on any atom is -0.446 e. The van der Waals surface area contributed by atoms with Gasteiger partial charge in [0.2, 0.25) is 0 Å². The summed E-state index contributed by atoms with van der Waals surface area (Å²) in [4.78, 5) is 14.9. The van der Waals surface area contributed by atoms with Crippen molar-refractivity contribution < 1.29 is 9.53 Å². The molecular formula is C8H9ClN2O2. The summed E-state index contributed by atoms with van der Waals surface area (Å²) in [5.41, 5.74) is 6.13. The summed E-state index contributed by atoms with van der Waals surface area (Å²) in [6.07, 6.45) is 1.35. The van der Waals surface area contributed by atoms with E-state index in [0.29, 0.717) is 10.7 Å². The van der Waals surface area contributed by atoms with Crippen molar-refractivity contribution in [3.8, 4) is 0 Å². The minimum atomic E-state index is -0.491. The number of rotatable bonds is 2. The monoisotopic (exact) mass is 200 g/mol. The Bertz CT molecular complexity index is 328. The van der Waals surface area contributed by atoms with Gasteiger partial charge in [-0.2, -0.15) is 0 Å². The first kappa shape index (κ1) is 9.95. The minimum absolute atomic E-state index is 0.138. The van der Waals surface area contributed by atoms with Crippen LogP contribution < -0.4 is 5.73 Å². The van der Waals surface area contributed by atoms with Gasteiger partial charge in [-0.05, 0) is 18.6 Å². The highest BCUT2D eigenvalue weighted by molar-refractivity contribution is 6.30. The molecule has 0 saturated heterocycles. The fourth-order valence-electron chi connectivity index (χ4n) is 0.829. The van der Waals surface area contributed by atoms with E-state index in [1.807, 2.05) is 0 Å². The molecule has 0 aliphatic carbocycles. The Hall–Kier alpha value is -1.13. The lowest BCUT2D eigenvalue weighted by Crippen LogP contribution is -2.12. The number of carbonyl (C=O) groups is 1. The van der Waals surface area contributed by atoms with E-state index < -0.39 is 5.97 Å². The Morgan fingerprint density at radius 1 is 1.77 bits per heavy atom. The number of hydrogen-bond acceptors (Lipinski definition) is 4. The van der Waals surface area contributed by atoms with Gasteiger partial charge in [-0.1, -0.05) is 11.6 Å². The molecule has 1 aromatic rings. The second-order valence-corrected chi connectivity index (χ2v) is 2.79. The van der Waals surface area contributed by atoms with Crippen molar-refractivity contribution in [2.75, 3.05) is 6.73 Å². The van der Waals surface area contributed by atoms with E-state index in [1.165, 1.54) is 6.20 Å². The Balaban J connectivity index is 2.90. The Morgan fingerprint density at radius 3 is 3.00 bits per heavy atom. The van der Waals surface area contributed by atoms with Gasteiger partial charge in [0.25, 0.3) is 0 Å². The van der Waals surface area contributed by atoms with Crippen LogP contribution in [0.1, 0.15) is 15.9 Å². The molecule has 0 aliphatic rings. The molecule has 0 radical (unpaired) electrons. The zero-order valence-electron chi connectivity index (χ0n) is 7.08. The van der Waals surface area contributed by atoms with E-state index in [-0.39, 0.29) is 6.73 Å². The number of carbonyl (C=O) groups excluding carboxylic acids is 1. The molecule has 0 fully saturated rings. The van der Waals surface area contributed by atoms with Crippen LogP contribution in [0, 0.1) is 6.92 Å². The van der Waals surface area contributed by atoms with Crippen molar-refractivity contribution in [1.82, 2.24) is 4.98 Å². The molecule has 4 nitrogen and oxygen atoms in total. The van der Waals surface area contributed by atoms with Crippen molar-refractivity contribution in [3.05, 3.63) is 28.5 Å². The van der Waals surface area contributed by atoms with Crippen molar-refractivity contribution in [2.45, 2.75) is 6.92 Å². The maximum atomic E-state index is 11.1. The molecule has 0 unspecified atom stereocenters. The molecule has 0 bridgehead atoms. The first-order chi connectivity index (χ1) is 6.15. The highest BCUT2D eigenvalue weighted by atomic mass is 35.5. The number of hydrogen-bond donors (Lipinski definition) is 1. The number of pyridine rings is 1. The van der Waals surface area contributed by atoms with Crippen molar-refractivity contribution >= 4 is 17.6 Å². The van der Waals surface area contributed by atoms with E-state index in [9.17, 15) is 4.79 Å². The van der Waals surface area contributed by atoms with Crippen LogP contribution in [-0.4, -0.2) is 17.7 Å². The molecule has 1 heterocycles. The van der Waals surface area contributed by atoms with Gasteiger partial charge >= 0.3 is 5.97 Å². The number of nitrogens with two attached hydrogens (primary N) is 1. The summed E-state index contributed by atoms with van der Waals surface area (Å²) in [6, 6.07) is 1.60. The Morgan fingerprint density at radius 2 is 2.46 bits per heavy atom. The maximum Gasteiger partial charge on any atom is 0.341 e. The topological polar surface area (TPSA) is 65.2 Å². The number of aryl methyl sites for hydroxylation is 1. The van der Waals surface area contributed by atoms with E-state index in [0.717, 1.165) is 5.56 Å². The molecule has 2 N–H and O–H groups in total. The second kappa shape index (κ2) is 4.20. The third-order valence-electron chi connectivity index (χ3n) is 1.46. The van der Waals surface area contributed by atoms with Crippen LogP contribution in [0.25, 0.3) is 0 Å². The second-order valence-electron chi connectivity index (χ2n) is 2.43. The van der Waals surface area contributed by atoms with Crippen LogP contribution in [0.2, 0.25) is 5.15 Å². The SMILES string of the molecule is Cc1cc(C(=O)OCN)cnc1Cl. The molecule has 0 aliphatic heterocycles. The molecule has 5 heteroatoms. The maximum absolute atomic E-state index is 11.1. The lowest BCUT2D eigenvalue weighted by Gasteiger charge is -2.02. The smallest absolute Gasteiger partial charge is 0.341 e. The number of halogens is 1. The standard InChI is InChI=1S/C8H9ClN2O2/c1-5-2-6(3-11-7(5)9)8(12)13-4-10/h2-3H,4,10H2,1H3. The highest BCUT2D eigenvalue weighted by Crippen LogP contribution is 2.13. The number of ether oxygens (including phenoxy) is 1. The number of aromatic nitrogens is 1. The van der Waals surface area contributed by atoms with Gasteiger partial charge in [-0.25, -0.2) is 9.78 Å². The summed E-state index contributed by atoms with van der Waals surface area (Å²) in [5, 5.41) is 0.379. The van der Waals surface area contributed by atoms with E-state index >= 15 is 0 Å². The average molecular weight is 201 g/mol. The lowest BCUT2D eigenvalue weighted by atomic mass is 10.2. The summed E-state index contributed by atoms with van der Waals surface area (Å²) in [5.74, 6) is -0.491. The van der Waals surface area contributed by atoms with Gasteiger partial charge in [0.05, 0.1) is 5.56 Å². The predicted molar refractivity (Wildman–Crippen MR) is 48.5 cm³/mol. The van der Waals surface area contributed by atoms with Gasteiger partial charge in [0.15, 0.2) is 0 Å². The van der Waals surface area contributed by atoms with Crippen LogP contribution >= 0.6 is 11.6 Å². The highest BCUT2D eigenvalue weighted by Gasteiger charge is 2.08. The van der Waals surface area contributed by atoms with E-state index in [1.54, 1.807) is 13.0 Å². The molecule has 70 valence electrons. The normalized spacial score (nSPS) is 9.77.